The minimum Gasteiger partial charge on any atom is -0.326 e. The smallest absolute Gasteiger partial charge is 0.228 e. The van der Waals surface area contributed by atoms with Gasteiger partial charge in [-0.1, -0.05) is 42.5 Å². The Morgan fingerprint density at radius 2 is 1.85 bits per heavy atom. The number of benzene rings is 2. The fourth-order valence-electron chi connectivity index (χ4n) is 2.65. The molecule has 2 heteroatoms. The van der Waals surface area contributed by atoms with Crippen molar-refractivity contribution in [2.75, 3.05) is 5.32 Å². The van der Waals surface area contributed by atoms with E-state index < -0.39 is 0 Å². The van der Waals surface area contributed by atoms with E-state index in [2.05, 4.69) is 23.5 Å². The monoisotopic (exact) mass is 265 g/mol. The summed E-state index contributed by atoms with van der Waals surface area (Å²) >= 11 is 0. The van der Waals surface area contributed by atoms with Gasteiger partial charge < -0.3 is 5.32 Å². The van der Waals surface area contributed by atoms with Crippen molar-refractivity contribution in [2.24, 2.45) is 5.92 Å². The first-order valence-electron chi connectivity index (χ1n) is 7.08. The molecule has 3 rings (SSSR count). The predicted molar refractivity (Wildman–Crippen MR) is 81.8 cm³/mol. The van der Waals surface area contributed by atoms with Gasteiger partial charge in [-0.3, -0.25) is 4.79 Å². The summed E-state index contributed by atoms with van der Waals surface area (Å²) in [5.74, 6) is 0.659. The number of carbonyl (C=O) groups excluding carboxylic acids is 1. The summed E-state index contributed by atoms with van der Waals surface area (Å²) in [6.45, 7) is 4.07. The zero-order valence-electron chi connectivity index (χ0n) is 11.9. The lowest BCUT2D eigenvalue weighted by Gasteiger charge is -2.09. The first-order valence-corrected chi connectivity index (χ1v) is 7.08. The number of hydrogen-bond acceptors (Lipinski definition) is 1. The molecule has 2 aromatic rings. The number of carbonyl (C=O) groups is 1. The quantitative estimate of drug-likeness (QED) is 0.891. The van der Waals surface area contributed by atoms with Gasteiger partial charge in [0, 0.05) is 11.6 Å². The summed E-state index contributed by atoms with van der Waals surface area (Å²) in [6, 6.07) is 16.4. The zero-order chi connectivity index (χ0) is 14.1. The lowest BCUT2D eigenvalue weighted by Crippen LogP contribution is -2.15. The van der Waals surface area contributed by atoms with Crippen LogP contribution in [0.3, 0.4) is 0 Å². The SMILES string of the molecule is Cc1ccc(C)c(NC(=O)C2CC2c2ccccc2)c1. The van der Waals surface area contributed by atoms with Crippen molar-refractivity contribution in [1.82, 2.24) is 0 Å². The van der Waals surface area contributed by atoms with Gasteiger partial charge in [-0.25, -0.2) is 0 Å². The molecule has 20 heavy (non-hydrogen) atoms. The van der Waals surface area contributed by atoms with Crippen molar-refractivity contribution in [1.29, 1.82) is 0 Å². The first kappa shape index (κ1) is 12.9. The number of amides is 1. The van der Waals surface area contributed by atoms with Gasteiger partial charge in [-0.05, 0) is 48.9 Å². The van der Waals surface area contributed by atoms with Crippen LogP contribution in [0.4, 0.5) is 5.69 Å². The third-order valence-electron chi connectivity index (χ3n) is 4.01. The van der Waals surface area contributed by atoms with Gasteiger partial charge in [0.1, 0.15) is 0 Å². The van der Waals surface area contributed by atoms with Crippen LogP contribution in [0.5, 0.6) is 0 Å². The second kappa shape index (κ2) is 5.12. The summed E-state index contributed by atoms with van der Waals surface area (Å²) < 4.78 is 0. The van der Waals surface area contributed by atoms with Gasteiger partial charge in [0.2, 0.25) is 5.91 Å². The molecule has 0 bridgehead atoms. The summed E-state index contributed by atoms with van der Waals surface area (Å²) in [5.41, 5.74) is 4.49. The number of aryl methyl sites for hydroxylation is 2. The van der Waals surface area contributed by atoms with Crippen LogP contribution in [0, 0.1) is 19.8 Å². The Bertz CT molecular complexity index is 633. The topological polar surface area (TPSA) is 29.1 Å². The van der Waals surface area contributed by atoms with Crippen molar-refractivity contribution in [3.63, 3.8) is 0 Å². The number of hydrogen-bond donors (Lipinski definition) is 1. The summed E-state index contributed by atoms with van der Waals surface area (Å²) in [5, 5.41) is 3.07. The van der Waals surface area contributed by atoms with E-state index in [1.54, 1.807) is 0 Å². The molecule has 0 aromatic heterocycles. The molecule has 1 fully saturated rings. The zero-order valence-corrected chi connectivity index (χ0v) is 11.9. The van der Waals surface area contributed by atoms with Gasteiger partial charge >= 0.3 is 0 Å². The lowest BCUT2D eigenvalue weighted by molar-refractivity contribution is -0.117. The van der Waals surface area contributed by atoms with E-state index in [0.717, 1.165) is 17.7 Å². The third kappa shape index (κ3) is 2.60. The fourth-order valence-corrected chi connectivity index (χ4v) is 2.65. The summed E-state index contributed by atoms with van der Waals surface area (Å²) in [6.07, 6.45) is 0.959. The van der Waals surface area contributed by atoms with E-state index in [1.165, 1.54) is 11.1 Å². The maximum absolute atomic E-state index is 12.3. The average molecular weight is 265 g/mol. The predicted octanol–water partition coefficient (Wildman–Crippen LogP) is 4.05. The van der Waals surface area contributed by atoms with Gasteiger partial charge in [0.25, 0.3) is 0 Å². The molecule has 0 radical (unpaired) electrons. The van der Waals surface area contributed by atoms with Crippen molar-refractivity contribution in [3.05, 3.63) is 65.2 Å². The highest BCUT2D eigenvalue weighted by molar-refractivity contribution is 5.95. The molecule has 1 aliphatic carbocycles. The molecule has 0 spiro atoms. The summed E-state index contributed by atoms with van der Waals surface area (Å²) in [7, 11) is 0. The van der Waals surface area contributed by atoms with Crippen LogP contribution in [0.1, 0.15) is 29.0 Å². The Kier molecular flexibility index (Phi) is 3.31. The maximum Gasteiger partial charge on any atom is 0.228 e. The molecule has 2 unspecified atom stereocenters. The first-order chi connectivity index (χ1) is 9.65. The van der Waals surface area contributed by atoms with Crippen molar-refractivity contribution >= 4 is 11.6 Å². The second-order valence-corrected chi connectivity index (χ2v) is 5.67. The lowest BCUT2D eigenvalue weighted by atomic mass is 10.1. The molecule has 2 aromatic carbocycles. The fraction of sp³-hybridized carbons (Fsp3) is 0.278. The van der Waals surface area contributed by atoms with E-state index in [4.69, 9.17) is 0 Å². The molecule has 1 aliphatic rings. The molecule has 102 valence electrons. The molecule has 0 aliphatic heterocycles. The van der Waals surface area contributed by atoms with E-state index in [1.807, 2.05) is 44.2 Å². The molecule has 2 nitrogen and oxygen atoms in total. The van der Waals surface area contributed by atoms with Gasteiger partial charge in [-0.2, -0.15) is 0 Å². The minimum atomic E-state index is 0.123. The Labute approximate surface area is 119 Å². The van der Waals surface area contributed by atoms with E-state index in [-0.39, 0.29) is 11.8 Å². The Balaban J connectivity index is 1.68. The Morgan fingerprint density at radius 3 is 2.60 bits per heavy atom. The van der Waals surface area contributed by atoms with Crippen molar-refractivity contribution in [3.8, 4) is 0 Å². The highest BCUT2D eigenvalue weighted by Gasteiger charge is 2.43. The Hall–Kier alpha value is -2.09. The molecule has 1 amide bonds. The van der Waals surface area contributed by atoms with E-state index in [0.29, 0.717) is 5.92 Å². The van der Waals surface area contributed by atoms with Crippen molar-refractivity contribution in [2.45, 2.75) is 26.2 Å². The molecular formula is C18H19NO. The van der Waals surface area contributed by atoms with Gasteiger partial charge in [-0.15, -0.1) is 0 Å². The van der Waals surface area contributed by atoms with Crippen LogP contribution in [0.25, 0.3) is 0 Å². The van der Waals surface area contributed by atoms with Crippen LogP contribution in [0.15, 0.2) is 48.5 Å². The largest absolute Gasteiger partial charge is 0.326 e. The summed E-state index contributed by atoms with van der Waals surface area (Å²) in [4.78, 5) is 12.3. The van der Waals surface area contributed by atoms with Crippen LogP contribution >= 0.6 is 0 Å². The number of anilines is 1. The molecule has 2 atom stereocenters. The Morgan fingerprint density at radius 1 is 1.10 bits per heavy atom. The number of nitrogens with one attached hydrogen (secondary N) is 1. The molecular weight excluding hydrogens is 246 g/mol. The van der Waals surface area contributed by atoms with Gasteiger partial charge in [0.05, 0.1) is 0 Å². The maximum atomic E-state index is 12.3. The third-order valence-corrected chi connectivity index (χ3v) is 4.01. The standard InChI is InChI=1S/C18H19NO/c1-12-8-9-13(2)17(10-12)19-18(20)16-11-15(16)14-6-4-3-5-7-14/h3-10,15-16H,11H2,1-2H3,(H,19,20). The highest BCUT2D eigenvalue weighted by Crippen LogP contribution is 2.47. The average Bonchev–Trinajstić information content (AvgIpc) is 3.24. The highest BCUT2D eigenvalue weighted by atomic mass is 16.2. The van der Waals surface area contributed by atoms with Crippen molar-refractivity contribution < 1.29 is 4.79 Å². The molecule has 0 saturated heterocycles. The molecule has 0 heterocycles. The van der Waals surface area contributed by atoms with Crippen LogP contribution in [-0.4, -0.2) is 5.91 Å². The van der Waals surface area contributed by atoms with Crippen LogP contribution in [-0.2, 0) is 4.79 Å². The minimum absolute atomic E-state index is 0.123. The number of rotatable bonds is 3. The molecule has 1 N–H and O–H groups in total. The van der Waals surface area contributed by atoms with Crippen LogP contribution in [0.2, 0.25) is 0 Å². The molecule has 1 saturated carbocycles. The normalized spacial score (nSPS) is 20.5. The second-order valence-electron chi connectivity index (χ2n) is 5.67. The van der Waals surface area contributed by atoms with Gasteiger partial charge in [0.15, 0.2) is 0 Å². The van der Waals surface area contributed by atoms with E-state index >= 15 is 0 Å². The van der Waals surface area contributed by atoms with Crippen LogP contribution < -0.4 is 5.32 Å². The van der Waals surface area contributed by atoms with E-state index in [9.17, 15) is 4.79 Å².